The molecule has 130 valence electrons. The Hall–Kier alpha value is -3.60. The summed E-state index contributed by atoms with van der Waals surface area (Å²) in [5.74, 6) is -0.137. The quantitative estimate of drug-likeness (QED) is 0.626. The summed E-state index contributed by atoms with van der Waals surface area (Å²) in [6, 6.07) is 24.3. The van der Waals surface area contributed by atoms with E-state index in [0.29, 0.717) is 17.1 Å². The first-order valence-corrected chi connectivity index (χ1v) is 8.21. The van der Waals surface area contributed by atoms with Crippen molar-refractivity contribution >= 4 is 29.0 Å². The lowest BCUT2D eigenvalue weighted by molar-refractivity contribution is -0.114. The van der Waals surface area contributed by atoms with E-state index in [4.69, 9.17) is 0 Å². The monoisotopic (exact) mass is 345 g/mol. The van der Waals surface area contributed by atoms with Crippen LogP contribution in [0.25, 0.3) is 11.1 Å². The topological polar surface area (TPSA) is 70.2 Å². The Morgan fingerprint density at radius 2 is 1.00 bits per heavy atom. The zero-order chi connectivity index (χ0) is 18.4. The van der Waals surface area contributed by atoms with E-state index in [1.807, 2.05) is 54.6 Å². The molecule has 26 heavy (non-hydrogen) atoms. The Kier molecular flexibility index (Phi) is 5.29. The summed E-state index contributed by atoms with van der Waals surface area (Å²) in [5, 5.41) is 8.23. The molecular formula is C21H19N3O2. The van der Waals surface area contributed by atoms with E-state index in [9.17, 15) is 9.59 Å². The van der Waals surface area contributed by atoms with Crippen molar-refractivity contribution in [1.82, 2.24) is 0 Å². The van der Waals surface area contributed by atoms with Crippen LogP contribution in [0.2, 0.25) is 0 Å². The summed E-state index contributed by atoms with van der Waals surface area (Å²) in [6.07, 6.45) is 0. The Morgan fingerprint density at radius 3 is 1.50 bits per heavy atom. The lowest BCUT2D eigenvalue weighted by Gasteiger charge is -2.09. The van der Waals surface area contributed by atoms with Crippen LogP contribution < -0.4 is 16.0 Å². The van der Waals surface area contributed by atoms with Crippen molar-refractivity contribution in [3.05, 3.63) is 78.9 Å². The molecule has 0 unspecified atom stereocenters. The van der Waals surface area contributed by atoms with Crippen LogP contribution in [0, 0.1) is 0 Å². The largest absolute Gasteiger partial charge is 0.326 e. The van der Waals surface area contributed by atoms with Gasteiger partial charge in [0.2, 0.25) is 5.91 Å². The van der Waals surface area contributed by atoms with Crippen LogP contribution in [0.3, 0.4) is 0 Å². The number of benzene rings is 3. The van der Waals surface area contributed by atoms with Gasteiger partial charge < -0.3 is 16.0 Å². The van der Waals surface area contributed by atoms with Crippen molar-refractivity contribution in [2.75, 3.05) is 16.0 Å². The third-order valence-corrected chi connectivity index (χ3v) is 3.71. The lowest BCUT2D eigenvalue weighted by Crippen LogP contribution is -2.19. The van der Waals surface area contributed by atoms with Gasteiger partial charge in [0.25, 0.3) is 0 Å². The standard InChI is InChI=1S/C21H19N3O2/c1-15(25)22-18-11-13-20(14-12-18)24-21(26)23-19-9-7-17(8-10-19)16-5-3-2-4-6-16/h2-14H,1H3,(H,22,25)(H2,23,24,26). The molecule has 3 aromatic carbocycles. The molecule has 0 heterocycles. The number of hydrogen-bond acceptors (Lipinski definition) is 2. The lowest BCUT2D eigenvalue weighted by atomic mass is 10.1. The van der Waals surface area contributed by atoms with Gasteiger partial charge in [-0.05, 0) is 47.5 Å². The van der Waals surface area contributed by atoms with Crippen LogP contribution in [0.5, 0.6) is 0 Å². The second-order valence-electron chi connectivity index (χ2n) is 5.78. The average molecular weight is 345 g/mol. The predicted molar refractivity (Wildman–Crippen MR) is 105 cm³/mol. The maximum Gasteiger partial charge on any atom is 0.323 e. The number of urea groups is 1. The van der Waals surface area contributed by atoms with Gasteiger partial charge in [0.1, 0.15) is 0 Å². The molecular weight excluding hydrogens is 326 g/mol. The molecule has 0 bridgehead atoms. The Balaban J connectivity index is 1.58. The minimum atomic E-state index is -0.329. The molecule has 0 spiro atoms. The van der Waals surface area contributed by atoms with E-state index in [2.05, 4.69) is 16.0 Å². The molecule has 3 aromatic rings. The van der Waals surface area contributed by atoms with Crippen LogP contribution in [-0.4, -0.2) is 11.9 Å². The van der Waals surface area contributed by atoms with E-state index in [-0.39, 0.29) is 11.9 Å². The van der Waals surface area contributed by atoms with Gasteiger partial charge in [0.15, 0.2) is 0 Å². The van der Waals surface area contributed by atoms with E-state index in [1.54, 1.807) is 24.3 Å². The summed E-state index contributed by atoms with van der Waals surface area (Å²) in [7, 11) is 0. The Morgan fingerprint density at radius 1 is 0.577 bits per heavy atom. The van der Waals surface area contributed by atoms with Gasteiger partial charge in [-0.2, -0.15) is 0 Å². The van der Waals surface area contributed by atoms with Gasteiger partial charge in [-0.1, -0.05) is 42.5 Å². The first kappa shape index (κ1) is 17.2. The summed E-state index contributed by atoms with van der Waals surface area (Å²) in [5.41, 5.74) is 4.24. The fraction of sp³-hybridized carbons (Fsp3) is 0.0476. The normalized spacial score (nSPS) is 10.0. The van der Waals surface area contributed by atoms with E-state index < -0.39 is 0 Å². The number of hydrogen-bond donors (Lipinski definition) is 3. The van der Waals surface area contributed by atoms with Crippen LogP contribution in [0.4, 0.5) is 21.9 Å². The average Bonchev–Trinajstić information content (AvgIpc) is 2.64. The molecule has 0 saturated heterocycles. The third kappa shape index (κ3) is 4.70. The number of amides is 3. The molecule has 0 aromatic heterocycles. The van der Waals surface area contributed by atoms with Gasteiger partial charge in [0.05, 0.1) is 0 Å². The summed E-state index contributed by atoms with van der Waals surface area (Å²) in [6.45, 7) is 1.45. The fourth-order valence-corrected chi connectivity index (χ4v) is 2.51. The molecule has 3 rings (SSSR count). The van der Waals surface area contributed by atoms with Crippen LogP contribution in [0.1, 0.15) is 6.92 Å². The highest BCUT2D eigenvalue weighted by atomic mass is 16.2. The SMILES string of the molecule is CC(=O)Nc1ccc(NC(=O)Nc2ccc(-c3ccccc3)cc2)cc1. The molecule has 0 aliphatic carbocycles. The van der Waals surface area contributed by atoms with Crippen molar-refractivity contribution in [1.29, 1.82) is 0 Å². The Bertz CT molecular complexity index is 889. The Labute approximate surface area is 152 Å². The van der Waals surface area contributed by atoms with E-state index in [1.165, 1.54) is 6.92 Å². The highest BCUT2D eigenvalue weighted by molar-refractivity contribution is 6.00. The van der Waals surface area contributed by atoms with Gasteiger partial charge in [-0.15, -0.1) is 0 Å². The van der Waals surface area contributed by atoms with Crippen LogP contribution in [-0.2, 0) is 4.79 Å². The maximum atomic E-state index is 12.1. The van der Waals surface area contributed by atoms with Crippen molar-refractivity contribution in [3.8, 4) is 11.1 Å². The smallest absolute Gasteiger partial charge is 0.323 e. The second kappa shape index (κ2) is 7.98. The van der Waals surface area contributed by atoms with E-state index in [0.717, 1.165) is 11.1 Å². The predicted octanol–water partition coefficient (Wildman–Crippen LogP) is 4.96. The molecule has 0 radical (unpaired) electrons. The number of rotatable bonds is 4. The van der Waals surface area contributed by atoms with Crippen LogP contribution >= 0.6 is 0 Å². The van der Waals surface area contributed by atoms with Gasteiger partial charge in [-0.25, -0.2) is 4.79 Å². The minimum Gasteiger partial charge on any atom is -0.326 e. The molecule has 0 fully saturated rings. The molecule has 3 amide bonds. The molecule has 0 aliphatic heterocycles. The maximum absolute atomic E-state index is 12.1. The second-order valence-corrected chi connectivity index (χ2v) is 5.78. The fourth-order valence-electron chi connectivity index (χ4n) is 2.51. The highest BCUT2D eigenvalue weighted by Crippen LogP contribution is 2.21. The van der Waals surface area contributed by atoms with E-state index >= 15 is 0 Å². The first-order chi connectivity index (χ1) is 12.6. The van der Waals surface area contributed by atoms with Gasteiger partial charge in [-0.3, -0.25) is 4.79 Å². The van der Waals surface area contributed by atoms with Gasteiger partial charge >= 0.3 is 6.03 Å². The van der Waals surface area contributed by atoms with Crippen molar-refractivity contribution in [2.24, 2.45) is 0 Å². The minimum absolute atomic E-state index is 0.137. The van der Waals surface area contributed by atoms with Crippen LogP contribution in [0.15, 0.2) is 78.9 Å². The number of nitrogens with one attached hydrogen (secondary N) is 3. The number of carbonyl (C=O) groups is 2. The summed E-state index contributed by atoms with van der Waals surface area (Å²) in [4.78, 5) is 23.1. The van der Waals surface area contributed by atoms with Crippen molar-refractivity contribution in [2.45, 2.75) is 6.92 Å². The number of carbonyl (C=O) groups excluding carboxylic acids is 2. The van der Waals surface area contributed by atoms with Crippen molar-refractivity contribution in [3.63, 3.8) is 0 Å². The molecule has 5 nitrogen and oxygen atoms in total. The zero-order valence-electron chi connectivity index (χ0n) is 14.3. The molecule has 0 aliphatic rings. The van der Waals surface area contributed by atoms with Gasteiger partial charge in [0, 0.05) is 24.0 Å². The highest BCUT2D eigenvalue weighted by Gasteiger charge is 2.04. The molecule has 0 saturated carbocycles. The number of anilines is 3. The molecule has 5 heteroatoms. The third-order valence-electron chi connectivity index (χ3n) is 3.71. The summed E-state index contributed by atoms with van der Waals surface area (Å²) < 4.78 is 0. The first-order valence-electron chi connectivity index (χ1n) is 8.21. The molecule has 0 atom stereocenters. The summed E-state index contributed by atoms with van der Waals surface area (Å²) >= 11 is 0. The molecule has 3 N–H and O–H groups in total. The van der Waals surface area contributed by atoms with Crippen molar-refractivity contribution < 1.29 is 9.59 Å². The zero-order valence-corrected chi connectivity index (χ0v) is 14.3.